The van der Waals surface area contributed by atoms with E-state index in [-0.39, 0.29) is 0 Å². The smallest absolute Gasteiger partial charge is 0.288 e. The van der Waals surface area contributed by atoms with Crippen molar-refractivity contribution in [3.05, 3.63) is 70.9 Å². The van der Waals surface area contributed by atoms with Gasteiger partial charge in [0, 0.05) is 5.92 Å². The second kappa shape index (κ2) is 6.75. The van der Waals surface area contributed by atoms with Gasteiger partial charge in [0.05, 0.1) is 16.9 Å². The standard InChI is InChI=1S/C20H20N4O3/c1-12-10-16(13(2)27-12)19(25)21-22-20(26)18-11-17(14-8-9-14)23-24(18)15-6-4-3-5-7-15/h3-7,10-11,14H,8-9H2,1-2H3,(H,21,25)(H,22,26). The van der Waals surface area contributed by atoms with Crippen molar-refractivity contribution in [3.8, 4) is 5.69 Å². The third-order valence-electron chi connectivity index (χ3n) is 4.53. The number of hydrogen-bond donors (Lipinski definition) is 2. The second-order valence-corrected chi connectivity index (χ2v) is 6.71. The predicted molar refractivity (Wildman–Crippen MR) is 98.7 cm³/mol. The predicted octanol–water partition coefficient (Wildman–Crippen LogP) is 3.03. The number of hydrazine groups is 1. The average molecular weight is 364 g/mol. The van der Waals surface area contributed by atoms with Gasteiger partial charge >= 0.3 is 0 Å². The lowest BCUT2D eigenvalue weighted by molar-refractivity contribution is 0.0841. The Hall–Kier alpha value is -3.35. The van der Waals surface area contributed by atoms with E-state index in [9.17, 15) is 9.59 Å². The van der Waals surface area contributed by atoms with E-state index in [4.69, 9.17) is 4.42 Å². The van der Waals surface area contributed by atoms with Crippen molar-refractivity contribution >= 4 is 11.8 Å². The summed E-state index contributed by atoms with van der Waals surface area (Å²) in [6.07, 6.45) is 2.17. The van der Waals surface area contributed by atoms with E-state index < -0.39 is 11.8 Å². The number of hydrogen-bond acceptors (Lipinski definition) is 4. The monoisotopic (exact) mass is 364 g/mol. The van der Waals surface area contributed by atoms with E-state index in [1.807, 2.05) is 30.3 Å². The Morgan fingerprint density at radius 1 is 1.07 bits per heavy atom. The van der Waals surface area contributed by atoms with E-state index >= 15 is 0 Å². The van der Waals surface area contributed by atoms with Crippen LogP contribution in [0.15, 0.2) is 46.9 Å². The molecular weight excluding hydrogens is 344 g/mol. The van der Waals surface area contributed by atoms with Gasteiger partial charge in [0.1, 0.15) is 17.2 Å². The van der Waals surface area contributed by atoms with Gasteiger partial charge in [-0.05, 0) is 51.0 Å². The number of nitrogens with one attached hydrogen (secondary N) is 2. The summed E-state index contributed by atoms with van der Waals surface area (Å²) in [4.78, 5) is 25.0. The summed E-state index contributed by atoms with van der Waals surface area (Å²) in [6.45, 7) is 3.47. The molecule has 2 amide bonds. The van der Waals surface area contributed by atoms with Crippen LogP contribution in [0.5, 0.6) is 0 Å². The minimum absolute atomic E-state index is 0.378. The molecule has 1 aromatic carbocycles. The first-order valence-corrected chi connectivity index (χ1v) is 8.86. The average Bonchev–Trinajstić information content (AvgIpc) is 3.33. The maximum atomic E-state index is 12.7. The minimum atomic E-state index is -0.426. The molecule has 0 saturated heterocycles. The van der Waals surface area contributed by atoms with Gasteiger partial charge in [0.2, 0.25) is 0 Å². The maximum absolute atomic E-state index is 12.7. The zero-order valence-electron chi connectivity index (χ0n) is 15.2. The number of rotatable bonds is 4. The van der Waals surface area contributed by atoms with Crippen LogP contribution in [0.2, 0.25) is 0 Å². The Labute approximate surface area is 156 Å². The topological polar surface area (TPSA) is 89.2 Å². The molecule has 1 aliphatic rings. The molecule has 138 valence electrons. The number of aromatic nitrogens is 2. The van der Waals surface area contributed by atoms with Crippen LogP contribution >= 0.6 is 0 Å². The number of aryl methyl sites for hydroxylation is 2. The summed E-state index contributed by atoms with van der Waals surface area (Å²) >= 11 is 0. The third kappa shape index (κ3) is 3.48. The highest BCUT2D eigenvalue weighted by atomic mass is 16.3. The van der Waals surface area contributed by atoms with E-state index in [1.54, 1.807) is 30.7 Å². The third-order valence-corrected chi connectivity index (χ3v) is 4.53. The Morgan fingerprint density at radius 3 is 2.41 bits per heavy atom. The fourth-order valence-electron chi connectivity index (χ4n) is 3.01. The van der Waals surface area contributed by atoms with Crippen LogP contribution in [0.3, 0.4) is 0 Å². The molecule has 7 nitrogen and oxygen atoms in total. The molecule has 2 N–H and O–H groups in total. The van der Waals surface area contributed by atoms with Crippen molar-refractivity contribution in [2.45, 2.75) is 32.6 Å². The van der Waals surface area contributed by atoms with Crippen LogP contribution in [0.1, 0.15) is 56.8 Å². The molecule has 7 heteroatoms. The molecule has 3 aromatic rings. The highest BCUT2D eigenvalue weighted by Crippen LogP contribution is 2.39. The van der Waals surface area contributed by atoms with E-state index in [0.29, 0.717) is 28.7 Å². The molecule has 1 fully saturated rings. The van der Waals surface area contributed by atoms with Crippen LogP contribution in [0.4, 0.5) is 0 Å². The number of furan rings is 1. The van der Waals surface area contributed by atoms with E-state index in [1.165, 1.54) is 0 Å². The highest BCUT2D eigenvalue weighted by molar-refractivity contribution is 5.99. The SMILES string of the molecule is Cc1cc(C(=O)NNC(=O)c2cc(C3CC3)nn2-c2ccccc2)c(C)o1. The van der Waals surface area contributed by atoms with Crippen molar-refractivity contribution in [2.75, 3.05) is 0 Å². The number of benzene rings is 1. The zero-order valence-corrected chi connectivity index (χ0v) is 15.2. The lowest BCUT2D eigenvalue weighted by Gasteiger charge is -2.09. The minimum Gasteiger partial charge on any atom is -0.466 e. The summed E-state index contributed by atoms with van der Waals surface area (Å²) < 4.78 is 6.97. The maximum Gasteiger partial charge on any atom is 0.288 e. The Bertz CT molecular complexity index is 1000. The van der Waals surface area contributed by atoms with Crippen molar-refractivity contribution in [1.29, 1.82) is 0 Å². The second-order valence-electron chi connectivity index (χ2n) is 6.71. The molecule has 1 aliphatic carbocycles. The summed E-state index contributed by atoms with van der Waals surface area (Å²) in [7, 11) is 0. The summed E-state index contributed by atoms with van der Waals surface area (Å²) in [5.41, 5.74) is 7.38. The number of para-hydroxylation sites is 1. The molecule has 1 saturated carbocycles. The first kappa shape index (κ1) is 17.1. The van der Waals surface area contributed by atoms with Gasteiger partial charge in [0.25, 0.3) is 11.8 Å². The first-order chi connectivity index (χ1) is 13.0. The van der Waals surface area contributed by atoms with Crippen molar-refractivity contribution in [2.24, 2.45) is 0 Å². The molecule has 0 aliphatic heterocycles. The lowest BCUT2D eigenvalue weighted by Crippen LogP contribution is -2.42. The molecule has 2 aromatic heterocycles. The summed E-state index contributed by atoms with van der Waals surface area (Å²) in [5, 5.41) is 4.59. The van der Waals surface area contributed by atoms with Crippen LogP contribution < -0.4 is 10.9 Å². The van der Waals surface area contributed by atoms with Gasteiger partial charge in [-0.1, -0.05) is 18.2 Å². The number of amides is 2. The molecule has 0 radical (unpaired) electrons. The zero-order chi connectivity index (χ0) is 19.0. The molecule has 0 unspecified atom stereocenters. The van der Waals surface area contributed by atoms with E-state index in [0.717, 1.165) is 24.2 Å². The van der Waals surface area contributed by atoms with Gasteiger partial charge in [0.15, 0.2) is 0 Å². The molecule has 2 heterocycles. The van der Waals surface area contributed by atoms with Crippen LogP contribution in [-0.2, 0) is 0 Å². The Kier molecular flexibility index (Phi) is 4.27. The molecule has 0 bridgehead atoms. The normalized spacial score (nSPS) is 13.4. The van der Waals surface area contributed by atoms with Gasteiger partial charge in [-0.2, -0.15) is 5.10 Å². The molecule has 0 spiro atoms. The summed E-state index contributed by atoms with van der Waals surface area (Å²) in [6, 6.07) is 12.9. The largest absolute Gasteiger partial charge is 0.466 e. The highest BCUT2D eigenvalue weighted by Gasteiger charge is 2.29. The first-order valence-electron chi connectivity index (χ1n) is 8.86. The summed E-state index contributed by atoms with van der Waals surface area (Å²) in [5.74, 6) is 0.702. The lowest BCUT2D eigenvalue weighted by atomic mass is 10.2. The van der Waals surface area contributed by atoms with Gasteiger partial charge in [-0.25, -0.2) is 4.68 Å². The molecule has 0 atom stereocenters. The van der Waals surface area contributed by atoms with E-state index in [2.05, 4.69) is 16.0 Å². The number of carbonyl (C=O) groups excluding carboxylic acids is 2. The quantitative estimate of drug-likeness (QED) is 0.697. The van der Waals surface area contributed by atoms with Crippen molar-refractivity contribution in [1.82, 2.24) is 20.6 Å². The van der Waals surface area contributed by atoms with Crippen LogP contribution in [0.25, 0.3) is 5.69 Å². The fraction of sp³-hybridized carbons (Fsp3) is 0.250. The fourth-order valence-corrected chi connectivity index (χ4v) is 3.01. The van der Waals surface area contributed by atoms with Gasteiger partial charge < -0.3 is 4.42 Å². The van der Waals surface area contributed by atoms with Crippen LogP contribution in [-0.4, -0.2) is 21.6 Å². The number of nitrogens with zero attached hydrogens (tertiary/aromatic N) is 2. The van der Waals surface area contributed by atoms with Crippen LogP contribution in [0, 0.1) is 13.8 Å². The van der Waals surface area contributed by atoms with Crippen molar-refractivity contribution in [3.63, 3.8) is 0 Å². The molecule has 4 rings (SSSR count). The van der Waals surface area contributed by atoms with Gasteiger partial charge in [-0.15, -0.1) is 0 Å². The Balaban J connectivity index is 1.54. The van der Waals surface area contributed by atoms with Gasteiger partial charge in [-0.3, -0.25) is 20.4 Å². The molecular formula is C20H20N4O3. The number of carbonyl (C=O) groups is 2. The van der Waals surface area contributed by atoms with Crippen molar-refractivity contribution < 1.29 is 14.0 Å². The Morgan fingerprint density at radius 2 is 1.78 bits per heavy atom. The molecule has 27 heavy (non-hydrogen) atoms.